The van der Waals surface area contributed by atoms with Crippen LogP contribution >= 0.6 is 11.3 Å². The highest BCUT2D eigenvalue weighted by molar-refractivity contribution is 7.89. The Morgan fingerprint density at radius 2 is 2.24 bits per heavy atom. The third-order valence-electron chi connectivity index (χ3n) is 3.33. The van der Waals surface area contributed by atoms with Crippen molar-refractivity contribution in [2.75, 3.05) is 6.54 Å². The first-order valence-electron chi connectivity index (χ1n) is 6.96. The summed E-state index contributed by atoms with van der Waals surface area (Å²) in [6.07, 6.45) is 4.59. The van der Waals surface area contributed by atoms with Crippen molar-refractivity contribution < 1.29 is 12.8 Å². The number of sulfonamides is 1. The summed E-state index contributed by atoms with van der Waals surface area (Å²) in [5.74, 6) is 0.775. The standard InChI is InChI=1S/C14H18N2O3S2/c17-21(18,16-6-5-12-2-1-7-19-12)14-8-13(20-10-14)9-15-11-3-4-11/h1-2,7-8,10-11,15-16H,3-6,9H2. The summed E-state index contributed by atoms with van der Waals surface area (Å²) in [4.78, 5) is 1.40. The Morgan fingerprint density at radius 3 is 2.95 bits per heavy atom. The van der Waals surface area contributed by atoms with Crippen LogP contribution in [0.25, 0.3) is 0 Å². The smallest absolute Gasteiger partial charge is 0.241 e. The van der Waals surface area contributed by atoms with Gasteiger partial charge in [0.25, 0.3) is 0 Å². The average Bonchev–Trinajstić information content (AvgIpc) is 2.93. The normalized spacial score (nSPS) is 15.4. The Kier molecular flexibility index (Phi) is 4.44. The van der Waals surface area contributed by atoms with Crippen molar-refractivity contribution in [1.82, 2.24) is 10.0 Å². The van der Waals surface area contributed by atoms with Crippen LogP contribution in [0.3, 0.4) is 0 Å². The van der Waals surface area contributed by atoms with Gasteiger partial charge in [-0.2, -0.15) is 0 Å². The molecule has 2 aromatic rings. The fourth-order valence-electron chi connectivity index (χ4n) is 1.97. The van der Waals surface area contributed by atoms with Gasteiger partial charge in [0.05, 0.1) is 11.2 Å². The second-order valence-corrected chi connectivity index (χ2v) is 7.89. The van der Waals surface area contributed by atoms with Gasteiger partial charge < -0.3 is 9.73 Å². The highest BCUT2D eigenvalue weighted by Crippen LogP contribution is 2.22. The Bertz CT molecular complexity index is 673. The SMILES string of the molecule is O=S(=O)(NCCc1ccco1)c1csc(CNC2CC2)c1. The largest absolute Gasteiger partial charge is 0.469 e. The van der Waals surface area contributed by atoms with E-state index in [-0.39, 0.29) is 0 Å². The highest BCUT2D eigenvalue weighted by atomic mass is 32.2. The molecule has 7 heteroatoms. The molecule has 2 heterocycles. The van der Waals surface area contributed by atoms with Crippen LogP contribution in [0.2, 0.25) is 0 Å². The van der Waals surface area contributed by atoms with Crippen molar-refractivity contribution in [2.24, 2.45) is 0 Å². The number of hydrogen-bond donors (Lipinski definition) is 2. The van der Waals surface area contributed by atoms with Crippen LogP contribution in [0, 0.1) is 0 Å². The zero-order chi connectivity index (χ0) is 14.7. The van der Waals surface area contributed by atoms with Crippen LogP contribution < -0.4 is 10.0 Å². The van der Waals surface area contributed by atoms with Gasteiger partial charge in [-0.05, 0) is 31.0 Å². The molecule has 2 N–H and O–H groups in total. The van der Waals surface area contributed by atoms with E-state index in [1.54, 1.807) is 23.8 Å². The number of furan rings is 1. The van der Waals surface area contributed by atoms with Crippen LogP contribution in [0.15, 0.2) is 39.2 Å². The summed E-state index contributed by atoms with van der Waals surface area (Å²) >= 11 is 1.48. The van der Waals surface area contributed by atoms with E-state index in [1.807, 2.05) is 6.07 Å². The second-order valence-electron chi connectivity index (χ2n) is 5.13. The van der Waals surface area contributed by atoms with Gasteiger partial charge in [0.1, 0.15) is 5.76 Å². The maximum absolute atomic E-state index is 12.2. The first kappa shape index (κ1) is 14.8. The van der Waals surface area contributed by atoms with Gasteiger partial charge in [0.15, 0.2) is 0 Å². The van der Waals surface area contributed by atoms with Gasteiger partial charge in [-0.1, -0.05) is 0 Å². The van der Waals surface area contributed by atoms with E-state index in [0.717, 1.165) is 17.2 Å². The third-order valence-corrected chi connectivity index (χ3v) is 5.85. The zero-order valence-corrected chi connectivity index (χ0v) is 13.2. The number of thiophene rings is 1. The molecule has 2 aromatic heterocycles. The number of nitrogens with one attached hydrogen (secondary N) is 2. The average molecular weight is 326 g/mol. The summed E-state index contributed by atoms with van der Waals surface area (Å²) in [5.41, 5.74) is 0. The molecule has 1 aliphatic carbocycles. The maximum atomic E-state index is 12.2. The Balaban J connectivity index is 1.53. The molecule has 3 rings (SSSR count). The van der Waals surface area contributed by atoms with Gasteiger partial charge in [0.2, 0.25) is 10.0 Å². The summed E-state index contributed by atoms with van der Waals surface area (Å²) < 4.78 is 32.1. The molecule has 0 bridgehead atoms. The van der Waals surface area contributed by atoms with Gasteiger partial charge in [-0.25, -0.2) is 13.1 Å². The lowest BCUT2D eigenvalue weighted by atomic mass is 10.3. The van der Waals surface area contributed by atoms with Crippen LogP contribution in [0.1, 0.15) is 23.5 Å². The first-order valence-corrected chi connectivity index (χ1v) is 9.32. The molecule has 0 amide bonds. The lowest BCUT2D eigenvalue weighted by molar-refractivity contribution is 0.506. The van der Waals surface area contributed by atoms with Crippen LogP contribution in [-0.4, -0.2) is 21.0 Å². The lowest BCUT2D eigenvalue weighted by Gasteiger charge is -2.03. The topological polar surface area (TPSA) is 71.3 Å². The van der Waals surface area contributed by atoms with E-state index in [9.17, 15) is 8.42 Å². The second kappa shape index (κ2) is 6.31. The molecule has 0 saturated heterocycles. The van der Waals surface area contributed by atoms with Gasteiger partial charge in [0, 0.05) is 35.8 Å². The Morgan fingerprint density at radius 1 is 1.38 bits per heavy atom. The van der Waals surface area contributed by atoms with Crippen molar-refractivity contribution in [3.8, 4) is 0 Å². The van der Waals surface area contributed by atoms with E-state index in [1.165, 1.54) is 24.2 Å². The molecule has 1 fully saturated rings. The molecule has 0 unspecified atom stereocenters. The van der Waals surface area contributed by atoms with E-state index < -0.39 is 10.0 Å². The summed E-state index contributed by atoms with van der Waals surface area (Å²) in [5, 5.41) is 5.08. The summed E-state index contributed by atoms with van der Waals surface area (Å²) in [7, 11) is -3.42. The monoisotopic (exact) mass is 326 g/mol. The van der Waals surface area contributed by atoms with Crippen LogP contribution in [-0.2, 0) is 23.0 Å². The van der Waals surface area contributed by atoms with Gasteiger partial charge in [-0.15, -0.1) is 11.3 Å². The maximum Gasteiger partial charge on any atom is 0.241 e. The quantitative estimate of drug-likeness (QED) is 0.779. The summed E-state index contributed by atoms with van der Waals surface area (Å²) in [6, 6.07) is 6.00. The van der Waals surface area contributed by atoms with E-state index in [0.29, 0.717) is 23.9 Å². The van der Waals surface area contributed by atoms with E-state index >= 15 is 0 Å². The summed E-state index contributed by atoms with van der Waals surface area (Å²) in [6.45, 7) is 1.08. The molecule has 114 valence electrons. The molecule has 0 spiro atoms. The fraction of sp³-hybridized carbons (Fsp3) is 0.429. The predicted octanol–water partition coefficient (Wildman–Crippen LogP) is 2.11. The lowest BCUT2D eigenvalue weighted by Crippen LogP contribution is -2.25. The molecule has 1 aliphatic rings. The minimum absolute atomic E-state index is 0.335. The first-order chi connectivity index (χ1) is 10.1. The number of hydrogen-bond acceptors (Lipinski definition) is 5. The van der Waals surface area contributed by atoms with Crippen LogP contribution in [0.5, 0.6) is 0 Å². The van der Waals surface area contributed by atoms with E-state index in [4.69, 9.17) is 4.42 Å². The Labute approximate surface area is 128 Å². The predicted molar refractivity (Wildman–Crippen MR) is 81.8 cm³/mol. The molecule has 0 radical (unpaired) electrons. The molecule has 0 aliphatic heterocycles. The molecule has 0 atom stereocenters. The molecular weight excluding hydrogens is 308 g/mol. The minimum Gasteiger partial charge on any atom is -0.469 e. The van der Waals surface area contributed by atoms with Crippen molar-refractivity contribution in [2.45, 2.75) is 36.7 Å². The fourth-order valence-corrected chi connectivity index (χ4v) is 4.23. The van der Waals surface area contributed by atoms with E-state index in [2.05, 4.69) is 10.0 Å². The molecule has 21 heavy (non-hydrogen) atoms. The molecule has 5 nitrogen and oxygen atoms in total. The van der Waals surface area contributed by atoms with Crippen molar-refractivity contribution >= 4 is 21.4 Å². The van der Waals surface area contributed by atoms with Crippen molar-refractivity contribution in [3.05, 3.63) is 40.5 Å². The highest BCUT2D eigenvalue weighted by Gasteiger charge is 2.21. The zero-order valence-electron chi connectivity index (χ0n) is 11.5. The van der Waals surface area contributed by atoms with Gasteiger partial charge >= 0.3 is 0 Å². The minimum atomic E-state index is -3.42. The third kappa shape index (κ3) is 4.16. The molecule has 1 saturated carbocycles. The van der Waals surface area contributed by atoms with Crippen molar-refractivity contribution in [3.63, 3.8) is 0 Å². The van der Waals surface area contributed by atoms with Gasteiger partial charge in [-0.3, -0.25) is 0 Å². The van der Waals surface area contributed by atoms with Crippen LogP contribution in [0.4, 0.5) is 0 Å². The van der Waals surface area contributed by atoms with Crippen molar-refractivity contribution in [1.29, 1.82) is 0 Å². The number of rotatable bonds is 8. The Hall–Kier alpha value is -1.15. The molecule has 0 aromatic carbocycles. The molecular formula is C14H18N2O3S2.